The second kappa shape index (κ2) is 4.71. The molecule has 0 spiro atoms. The minimum Gasteiger partial charge on any atom is -0.367 e. The molecule has 124 valence electrons. The van der Waals surface area contributed by atoms with Gasteiger partial charge in [0.1, 0.15) is 0 Å². The third kappa shape index (κ3) is 1.80. The summed E-state index contributed by atoms with van der Waals surface area (Å²) in [5.74, 6) is 1.78. The number of nitrogens with zero attached hydrogens (tertiary/aromatic N) is 1. The number of carbonyl (C=O) groups is 2. The number of carbonyl (C=O) groups excluding carboxylic acids is 2. The Morgan fingerprint density at radius 1 is 1.00 bits per heavy atom. The molecule has 1 aromatic carbocycles. The van der Waals surface area contributed by atoms with E-state index in [0.717, 1.165) is 5.69 Å². The van der Waals surface area contributed by atoms with Crippen LogP contribution in [0.3, 0.4) is 0 Å². The van der Waals surface area contributed by atoms with Gasteiger partial charge < -0.3 is 5.32 Å². The summed E-state index contributed by atoms with van der Waals surface area (Å²) in [4.78, 5) is 27.2. The highest BCUT2D eigenvalue weighted by molar-refractivity contribution is 6.06. The first-order valence-electron chi connectivity index (χ1n) is 8.91. The van der Waals surface area contributed by atoms with Gasteiger partial charge in [0.25, 0.3) is 0 Å². The van der Waals surface area contributed by atoms with E-state index >= 15 is 0 Å². The molecule has 24 heavy (non-hydrogen) atoms. The molecule has 2 saturated carbocycles. The molecule has 6 rings (SSSR count). The minimum atomic E-state index is -0.0993. The van der Waals surface area contributed by atoms with E-state index < -0.39 is 0 Å². The quantitative estimate of drug-likeness (QED) is 0.688. The SMILES string of the molecule is Cc1ccc(NCN2C(=O)[C@@H]3[C@@H]4C=C[C@H]([C@@H]5C[C@H]45)[C@@H]3C2=O)cc1C. The van der Waals surface area contributed by atoms with Crippen molar-refractivity contribution in [2.75, 3.05) is 12.0 Å². The molecule has 4 heteroatoms. The van der Waals surface area contributed by atoms with E-state index in [4.69, 9.17) is 0 Å². The largest absolute Gasteiger partial charge is 0.367 e. The first kappa shape index (κ1) is 14.3. The van der Waals surface area contributed by atoms with E-state index in [0.29, 0.717) is 23.7 Å². The Bertz CT molecular complexity index is 748. The highest BCUT2D eigenvalue weighted by Crippen LogP contribution is 2.65. The monoisotopic (exact) mass is 322 g/mol. The third-order valence-electron chi connectivity index (χ3n) is 6.70. The summed E-state index contributed by atoms with van der Waals surface area (Å²) in [7, 11) is 0. The maximum atomic E-state index is 12.9. The van der Waals surface area contributed by atoms with Crippen LogP contribution >= 0.6 is 0 Å². The van der Waals surface area contributed by atoms with Crippen LogP contribution in [0.1, 0.15) is 17.5 Å². The summed E-state index contributed by atoms with van der Waals surface area (Å²) >= 11 is 0. The Hall–Kier alpha value is -2.10. The predicted octanol–water partition coefficient (Wildman–Crippen LogP) is 2.73. The lowest BCUT2D eigenvalue weighted by atomic mass is 9.63. The van der Waals surface area contributed by atoms with Crippen LogP contribution in [0.4, 0.5) is 5.69 Å². The van der Waals surface area contributed by atoms with Crippen molar-refractivity contribution in [1.82, 2.24) is 4.90 Å². The van der Waals surface area contributed by atoms with E-state index in [2.05, 4.69) is 43.4 Å². The van der Waals surface area contributed by atoms with Crippen LogP contribution in [0, 0.1) is 49.4 Å². The number of rotatable bonds is 3. The zero-order valence-electron chi connectivity index (χ0n) is 14.0. The van der Waals surface area contributed by atoms with Crippen LogP contribution in [0.15, 0.2) is 30.4 Å². The van der Waals surface area contributed by atoms with Crippen molar-refractivity contribution < 1.29 is 9.59 Å². The number of nitrogens with one attached hydrogen (secondary N) is 1. The third-order valence-corrected chi connectivity index (χ3v) is 6.70. The van der Waals surface area contributed by atoms with E-state index in [1.54, 1.807) is 0 Å². The highest BCUT2D eigenvalue weighted by atomic mass is 16.2. The smallest absolute Gasteiger partial charge is 0.235 e. The van der Waals surface area contributed by atoms with Gasteiger partial charge in [-0.2, -0.15) is 0 Å². The number of benzene rings is 1. The summed E-state index contributed by atoms with van der Waals surface area (Å²) < 4.78 is 0. The summed E-state index contributed by atoms with van der Waals surface area (Å²) in [5.41, 5.74) is 3.40. The molecular formula is C20H22N2O2. The molecule has 0 unspecified atom stereocenters. The lowest BCUT2D eigenvalue weighted by Gasteiger charge is -2.37. The maximum Gasteiger partial charge on any atom is 0.235 e. The number of anilines is 1. The molecule has 0 radical (unpaired) electrons. The minimum absolute atomic E-state index is 0.0334. The Morgan fingerprint density at radius 2 is 1.62 bits per heavy atom. The van der Waals surface area contributed by atoms with Gasteiger partial charge in [-0.1, -0.05) is 18.2 Å². The lowest BCUT2D eigenvalue weighted by molar-refractivity contribution is -0.139. The molecule has 5 aliphatic rings. The number of likely N-dealkylation sites (tertiary alicyclic amines) is 1. The van der Waals surface area contributed by atoms with Crippen molar-refractivity contribution in [3.05, 3.63) is 41.5 Å². The predicted molar refractivity (Wildman–Crippen MR) is 91.0 cm³/mol. The van der Waals surface area contributed by atoms with Gasteiger partial charge in [-0.3, -0.25) is 14.5 Å². The van der Waals surface area contributed by atoms with Gasteiger partial charge in [-0.05, 0) is 67.2 Å². The van der Waals surface area contributed by atoms with Gasteiger partial charge in [0, 0.05) is 5.69 Å². The number of hydrogen-bond donors (Lipinski definition) is 1. The van der Waals surface area contributed by atoms with Gasteiger partial charge in [0.15, 0.2) is 0 Å². The number of allylic oxidation sites excluding steroid dienone is 2. The van der Waals surface area contributed by atoms with E-state index in [9.17, 15) is 9.59 Å². The van der Waals surface area contributed by atoms with Crippen LogP contribution in [-0.2, 0) is 9.59 Å². The Morgan fingerprint density at radius 3 is 2.21 bits per heavy atom. The molecule has 6 atom stereocenters. The van der Waals surface area contributed by atoms with Crippen LogP contribution in [0.5, 0.6) is 0 Å². The van der Waals surface area contributed by atoms with Gasteiger partial charge in [0.05, 0.1) is 18.5 Å². The molecule has 3 fully saturated rings. The number of hydrogen-bond acceptors (Lipinski definition) is 3. The Kier molecular flexibility index (Phi) is 2.80. The van der Waals surface area contributed by atoms with Gasteiger partial charge >= 0.3 is 0 Å². The fraction of sp³-hybridized carbons (Fsp3) is 0.500. The normalized spacial score (nSPS) is 38.3. The van der Waals surface area contributed by atoms with Crippen LogP contribution in [-0.4, -0.2) is 23.4 Å². The second-order valence-corrected chi connectivity index (χ2v) is 7.89. The van der Waals surface area contributed by atoms with Crippen LogP contribution in [0.25, 0.3) is 0 Å². The fourth-order valence-electron chi connectivity index (χ4n) is 5.20. The van der Waals surface area contributed by atoms with Gasteiger partial charge in [-0.25, -0.2) is 0 Å². The van der Waals surface area contributed by atoms with Crippen molar-refractivity contribution in [3.63, 3.8) is 0 Å². The molecule has 0 aromatic heterocycles. The van der Waals surface area contributed by atoms with E-state index in [-0.39, 0.29) is 30.3 Å². The summed E-state index contributed by atoms with van der Waals surface area (Å²) in [6.45, 7) is 4.42. The summed E-state index contributed by atoms with van der Waals surface area (Å²) in [6, 6.07) is 6.12. The van der Waals surface area contributed by atoms with Gasteiger partial charge in [-0.15, -0.1) is 0 Å². The van der Waals surface area contributed by atoms with Crippen molar-refractivity contribution in [1.29, 1.82) is 0 Å². The van der Waals surface area contributed by atoms with Crippen molar-refractivity contribution in [3.8, 4) is 0 Å². The van der Waals surface area contributed by atoms with Gasteiger partial charge in [0.2, 0.25) is 11.8 Å². The zero-order chi connectivity index (χ0) is 16.6. The van der Waals surface area contributed by atoms with Crippen LogP contribution in [0.2, 0.25) is 0 Å². The second-order valence-electron chi connectivity index (χ2n) is 7.89. The highest BCUT2D eigenvalue weighted by Gasteiger charge is 2.66. The van der Waals surface area contributed by atoms with E-state index in [1.165, 1.54) is 22.4 Å². The molecule has 1 saturated heterocycles. The number of aryl methyl sites for hydroxylation is 2. The average Bonchev–Trinajstić information content (AvgIpc) is 3.35. The first-order valence-corrected chi connectivity index (χ1v) is 8.91. The number of amides is 2. The summed E-state index contributed by atoms with van der Waals surface area (Å²) in [6.07, 6.45) is 5.63. The molecule has 1 aliphatic heterocycles. The van der Waals surface area contributed by atoms with Crippen molar-refractivity contribution in [2.45, 2.75) is 20.3 Å². The molecule has 1 N–H and O–H groups in total. The first-order chi connectivity index (χ1) is 11.6. The van der Waals surface area contributed by atoms with Crippen molar-refractivity contribution in [2.24, 2.45) is 35.5 Å². The lowest BCUT2D eigenvalue weighted by Crippen LogP contribution is -2.40. The standard InChI is InChI=1S/C20H22N2O2/c1-10-3-4-12(7-11(10)2)21-9-22-19(23)17-13-5-6-14(16-8-15(13)16)18(17)20(22)24/h3-7,13-18,21H,8-9H2,1-2H3/t13-,14-,15-,16+,17-,18+/m1/s1. The molecule has 1 aromatic rings. The van der Waals surface area contributed by atoms with E-state index in [1.807, 2.05) is 6.07 Å². The molecule has 4 aliphatic carbocycles. The summed E-state index contributed by atoms with van der Waals surface area (Å²) in [5, 5.41) is 3.26. The topological polar surface area (TPSA) is 49.4 Å². The number of imide groups is 1. The Labute approximate surface area is 141 Å². The van der Waals surface area contributed by atoms with Crippen molar-refractivity contribution >= 4 is 17.5 Å². The molecule has 4 nitrogen and oxygen atoms in total. The maximum absolute atomic E-state index is 12.9. The average molecular weight is 322 g/mol. The fourth-order valence-corrected chi connectivity index (χ4v) is 5.20. The Balaban J connectivity index is 1.36. The molecular weight excluding hydrogens is 300 g/mol. The zero-order valence-corrected chi connectivity index (χ0v) is 14.0. The van der Waals surface area contributed by atoms with Crippen LogP contribution < -0.4 is 5.32 Å². The molecule has 1 heterocycles. The molecule has 2 amide bonds. The molecule has 2 bridgehead atoms.